The number of carboxylic acid groups (broad SMARTS) is 1. The predicted octanol–water partition coefficient (Wildman–Crippen LogP) is 3.04. The van der Waals surface area contributed by atoms with Gasteiger partial charge in [-0.25, -0.2) is 9.48 Å². The summed E-state index contributed by atoms with van der Waals surface area (Å²) in [7, 11) is 0. The summed E-state index contributed by atoms with van der Waals surface area (Å²) in [4.78, 5) is 10.6. The maximum Gasteiger partial charge on any atom is 0.328 e. The minimum Gasteiger partial charge on any atom is -0.478 e. The van der Waals surface area contributed by atoms with E-state index >= 15 is 0 Å². The Morgan fingerprint density at radius 1 is 1.44 bits per heavy atom. The van der Waals surface area contributed by atoms with Gasteiger partial charge in [0.1, 0.15) is 0 Å². The number of aromatic nitrogens is 2. The SMILES string of the molecule is Cc1ccn(-c2cc(Br)ccc2C=CC(=O)O)n1. The first kappa shape index (κ1) is 12.6. The summed E-state index contributed by atoms with van der Waals surface area (Å²) in [5, 5.41) is 13.0. The Morgan fingerprint density at radius 3 is 2.83 bits per heavy atom. The fourth-order valence-corrected chi connectivity index (χ4v) is 1.92. The van der Waals surface area contributed by atoms with Crippen molar-refractivity contribution in [3.63, 3.8) is 0 Å². The van der Waals surface area contributed by atoms with E-state index in [1.54, 1.807) is 10.8 Å². The van der Waals surface area contributed by atoms with Crippen LogP contribution in [0.1, 0.15) is 11.3 Å². The summed E-state index contributed by atoms with van der Waals surface area (Å²) < 4.78 is 2.64. The van der Waals surface area contributed by atoms with Crippen LogP contribution in [0.2, 0.25) is 0 Å². The maximum atomic E-state index is 10.6. The van der Waals surface area contributed by atoms with E-state index in [0.717, 1.165) is 27.5 Å². The van der Waals surface area contributed by atoms with Gasteiger partial charge in [0.2, 0.25) is 0 Å². The van der Waals surface area contributed by atoms with Crippen LogP contribution in [0.4, 0.5) is 0 Å². The predicted molar refractivity (Wildman–Crippen MR) is 72.7 cm³/mol. The molecule has 0 aliphatic carbocycles. The van der Waals surface area contributed by atoms with Gasteiger partial charge in [-0.05, 0) is 31.2 Å². The number of aryl methyl sites for hydroxylation is 1. The number of carbonyl (C=O) groups is 1. The van der Waals surface area contributed by atoms with Crippen molar-refractivity contribution < 1.29 is 9.90 Å². The van der Waals surface area contributed by atoms with E-state index in [-0.39, 0.29) is 0 Å². The Labute approximate surface area is 113 Å². The molecule has 0 saturated carbocycles. The Balaban J connectivity index is 2.50. The van der Waals surface area contributed by atoms with Gasteiger partial charge in [-0.2, -0.15) is 5.10 Å². The maximum absolute atomic E-state index is 10.6. The van der Waals surface area contributed by atoms with Crippen molar-refractivity contribution in [3.8, 4) is 5.69 Å². The lowest BCUT2D eigenvalue weighted by Gasteiger charge is -2.06. The third kappa shape index (κ3) is 2.87. The molecule has 4 nitrogen and oxygen atoms in total. The van der Waals surface area contributed by atoms with Crippen LogP contribution >= 0.6 is 15.9 Å². The fraction of sp³-hybridized carbons (Fsp3) is 0.0769. The Kier molecular flexibility index (Phi) is 3.62. The summed E-state index contributed by atoms with van der Waals surface area (Å²) in [5.41, 5.74) is 2.53. The van der Waals surface area contributed by atoms with Gasteiger partial charge in [-0.15, -0.1) is 0 Å². The van der Waals surface area contributed by atoms with Crippen molar-refractivity contribution in [2.75, 3.05) is 0 Å². The number of carboxylic acids is 1. The highest BCUT2D eigenvalue weighted by Gasteiger charge is 2.05. The summed E-state index contributed by atoms with van der Waals surface area (Å²) in [6.45, 7) is 1.90. The molecular weight excluding hydrogens is 296 g/mol. The third-order valence-corrected chi connectivity index (χ3v) is 2.86. The number of aliphatic carboxylic acids is 1. The molecule has 1 aromatic carbocycles. The number of hydrogen-bond acceptors (Lipinski definition) is 2. The monoisotopic (exact) mass is 306 g/mol. The summed E-state index contributed by atoms with van der Waals surface area (Å²) in [6, 6.07) is 7.50. The number of rotatable bonds is 3. The molecule has 5 heteroatoms. The highest BCUT2D eigenvalue weighted by molar-refractivity contribution is 9.10. The first-order valence-corrected chi connectivity index (χ1v) is 6.09. The van der Waals surface area contributed by atoms with Gasteiger partial charge < -0.3 is 5.11 Å². The fourth-order valence-electron chi connectivity index (χ4n) is 1.57. The van der Waals surface area contributed by atoms with E-state index in [4.69, 9.17) is 5.11 Å². The van der Waals surface area contributed by atoms with E-state index in [1.807, 2.05) is 37.4 Å². The second kappa shape index (κ2) is 5.18. The molecule has 18 heavy (non-hydrogen) atoms. The molecule has 92 valence electrons. The second-order valence-electron chi connectivity index (χ2n) is 3.78. The van der Waals surface area contributed by atoms with Crippen molar-refractivity contribution >= 4 is 28.0 Å². The van der Waals surface area contributed by atoms with Crippen LogP contribution < -0.4 is 0 Å². The first-order chi connectivity index (χ1) is 8.56. The quantitative estimate of drug-likeness (QED) is 0.887. The summed E-state index contributed by atoms with van der Waals surface area (Å²) in [5.74, 6) is -0.972. The van der Waals surface area contributed by atoms with Crippen LogP contribution in [-0.4, -0.2) is 20.9 Å². The van der Waals surface area contributed by atoms with Crippen LogP contribution in [-0.2, 0) is 4.79 Å². The lowest BCUT2D eigenvalue weighted by molar-refractivity contribution is -0.131. The molecule has 0 saturated heterocycles. The van der Waals surface area contributed by atoms with Crippen LogP contribution in [0.15, 0.2) is 41.0 Å². The molecule has 0 fully saturated rings. The molecule has 0 unspecified atom stereocenters. The van der Waals surface area contributed by atoms with E-state index in [1.165, 1.54) is 0 Å². The Bertz CT molecular complexity index is 617. The standard InChI is InChI=1S/C13H11BrN2O2/c1-9-6-7-16(15-9)12-8-11(14)4-2-10(12)3-5-13(17)18/h2-8H,1H3,(H,17,18). The summed E-state index contributed by atoms with van der Waals surface area (Å²) in [6.07, 6.45) is 4.51. The van der Waals surface area contributed by atoms with Gasteiger partial charge >= 0.3 is 5.97 Å². The topological polar surface area (TPSA) is 55.1 Å². The van der Waals surface area contributed by atoms with Gasteiger partial charge in [0, 0.05) is 22.3 Å². The van der Waals surface area contributed by atoms with E-state index < -0.39 is 5.97 Å². The largest absolute Gasteiger partial charge is 0.478 e. The molecule has 2 rings (SSSR count). The highest BCUT2D eigenvalue weighted by Crippen LogP contribution is 2.21. The highest BCUT2D eigenvalue weighted by atomic mass is 79.9. The van der Waals surface area contributed by atoms with Crippen molar-refractivity contribution in [3.05, 3.63) is 52.3 Å². The third-order valence-electron chi connectivity index (χ3n) is 2.37. The van der Waals surface area contributed by atoms with Crippen LogP contribution in [0.5, 0.6) is 0 Å². The van der Waals surface area contributed by atoms with Crippen molar-refractivity contribution in [2.45, 2.75) is 6.92 Å². The molecule has 0 atom stereocenters. The van der Waals surface area contributed by atoms with Crippen LogP contribution in [0.25, 0.3) is 11.8 Å². The average molecular weight is 307 g/mol. The average Bonchev–Trinajstić information content (AvgIpc) is 2.74. The van der Waals surface area contributed by atoms with Gasteiger partial charge in [0.05, 0.1) is 11.4 Å². The molecule has 0 spiro atoms. The minimum atomic E-state index is -0.972. The molecule has 1 aromatic heterocycles. The second-order valence-corrected chi connectivity index (χ2v) is 4.69. The van der Waals surface area contributed by atoms with Gasteiger partial charge in [-0.1, -0.05) is 22.0 Å². The smallest absolute Gasteiger partial charge is 0.328 e. The number of nitrogens with zero attached hydrogens (tertiary/aromatic N) is 2. The normalized spacial score (nSPS) is 11.0. The zero-order valence-corrected chi connectivity index (χ0v) is 11.3. The molecule has 0 radical (unpaired) electrons. The van der Waals surface area contributed by atoms with E-state index in [2.05, 4.69) is 21.0 Å². The number of hydrogen-bond donors (Lipinski definition) is 1. The van der Waals surface area contributed by atoms with Gasteiger partial charge in [-0.3, -0.25) is 0 Å². The zero-order chi connectivity index (χ0) is 13.1. The molecule has 0 bridgehead atoms. The van der Waals surface area contributed by atoms with E-state index in [0.29, 0.717) is 0 Å². The van der Waals surface area contributed by atoms with Crippen molar-refractivity contribution in [1.82, 2.24) is 9.78 Å². The molecule has 1 N–H and O–H groups in total. The Hall–Kier alpha value is -1.88. The van der Waals surface area contributed by atoms with Crippen LogP contribution in [0, 0.1) is 6.92 Å². The Morgan fingerprint density at radius 2 is 2.22 bits per heavy atom. The first-order valence-electron chi connectivity index (χ1n) is 5.29. The van der Waals surface area contributed by atoms with Gasteiger partial charge in [0.15, 0.2) is 0 Å². The lowest BCUT2D eigenvalue weighted by atomic mass is 10.1. The van der Waals surface area contributed by atoms with Crippen LogP contribution in [0.3, 0.4) is 0 Å². The molecule has 1 heterocycles. The number of halogens is 1. The molecule has 2 aromatic rings. The zero-order valence-electron chi connectivity index (χ0n) is 9.67. The summed E-state index contributed by atoms with van der Waals surface area (Å²) >= 11 is 3.40. The van der Waals surface area contributed by atoms with Crippen molar-refractivity contribution in [2.24, 2.45) is 0 Å². The van der Waals surface area contributed by atoms with Gasteiger partial charge in [0.25, 0.3) is 0 Å². The molecular formula is C13H11BrN2O2. The molecule has 0 aliphatic rings. The van der Waals surface area contributed by atoms with Crippen molar-refractivity contribution in [1.29, 1.82) is 0 Å². The molecule has 0 amide bonds. The number of benzene rings is 1. The minimum absolute atomic E-state index is 0.795. The van der Waals surface area contributed by atoms with E-state index in [9.17, 15) is 4.79 Å². The lowest BCUT2D eigenvalue weighted by Crippen LogP contribution is -1.98. The molecule has 0 aliphatic heterocycles.